The first-order valence-electron chi connectivity index (χ1n) is 6.28. The molecular weight excluding hydrogens is 358 g/mol. The summed E-state index contributed by atoms with van der Waals surface area (Å²) >= 11 is 4.59. The Balaban J connectivity index is 2.11. The molecule has 1 heterocycles. The summed E-state index contributed by atoms with van der Waals surface area (Å²) in [7, 11) is -3.37. The van der Waals surface area contributed by atoms with Crippen molar-refractivity contribution in [1.82, 2.24) is 4.31 Å². The molecule has 0 unspecified atom stereocenters. The van der Waals surface area contributed by atoms with Crippen LogP contribution < -0.4 is 0 Å². The van der Waals surface area contributed by atoms with Gasteiger partial charge >= 0.3 is 0 Å². The smallest absolute Gasteiger partial charge is 0.206 e. The van der Waals surface area contributed by atoms with E-state index in [1.807, 2.05) is 30.3 Å². The van der Waals surface area contributed by atoms with Crippen LogP contribution in [0.5, 0.6) is 0 Å². The third-order valence-corrected chi connectivity index (χ3v) is 6.54. The third-order valence-electron chi connectivity index (χ3n) is 2.92. The minimum absolute atomic E-state index is 0.409. The van der Waals surface area contributed by atoms with Crippen LogP contribution in [0.15, 0.2) is 52.1 Å². The number of rotatable bonds is 7. The fraction of sp³-hybridized carbons (Fsp3) is 0.286. The molecule has 0 fully saturated rings. The van der Waals surface area contributed by atoms with Gasteiger partial charge < -0.3 is 0 Å². The molecule has 0 bridgehead atoms. The molecule has 0 aliphatic carbocycles. The fourth-order valence-electron chi connectivity index (χ4n) is 1.88. The lowest BCUT2D eigenvalue weighted by molar-refractivity contribution is 0.435. The van der Waals surface area contributed by atoms with Crippen LogP contribution in [-0.2, 0) is 16.4 Å². The Bertz CT molecular complexity index is 612. The summed E-state index contributed by atoms with van der Waals surface area (Å²) in [6, 6.07) is 13.4. The molecule has 2 rings (SSSR count). The van der Waals surface area contributed by atoms with Crippen LogP contribution in [0.1, 0.15) is 5.56 Å². The standard InChI is InChI=1S/C14H16BrNO2S2/c15-9-11-16(10-8-13-5-2-1-3-6-13)20(17,18)14-7-4-12-19-14/h1-7,12H,8-11H2. The van der Waals surface area contributed by atoms with E-state index in [4.69, 9.17) is 0 Å². The van der Waals surface area contributed by atoms with Gasteiger partial charge in [0.1, 0.15) is 4.21 Å². The quantitative estimate of drug-likeness (QED) is 0.697. The molecule has 3 nitrogen and oxygen atoms in total. The Morgan fingerprint density at radius 1 is 1.05 bits per heavy atom. The number of halogens is 1. The van der Waals surface area contributed by atoms with Gasteiger partial charge in [-0.05, 0) is 23.4 Å². The van der Waals surface area contributed by atoms with Gasteiger partial charge in [0, 0.05) is 18.4 Å². The molecule has 2 aromatic rings. The van der Waals surface area contributed by atoms with Gasteiger partial charge in [0.15, 0.2) is 0 Å². The molecule has 0 aliphatic heterocycles. The third kappa shape index (κ3) is 3.91. The molecule has 0 saturated carbocycles. The predicted octanol–water partition coefficient (Wildman–Crippen LogP) is 3.38. The lowest BCUT2D eigenvalue weighted by Crippen LogP contribution is -2.34. The van der Waals surface area contributed by atoms with Gasteiger partial charge in [0.25, 0.3) is 10.0 Å². The zero-order valence-corrected chi connectivity index (χ0v) is 14.1. The average molecular weight is 374 g/mol. The maximum Gasteiger partial charge on any atom is 0.252 e. The van der Waals surface area contributed by atoms with Crippen LogP contribution >= 0.6 is 27.3 Å². The number of hydrogen-bond donors (Lipinski definition) is 0. The van der Waals surface area contributed by atoms with Gasteiger partial charge in [-0.3, -0.25) is 0 Å². The Kier molecular flexibility index (Phi) is 5.77. The Hall–Kier alpha value is -0.690. The molecule has 20 heavy (non-hydrogen) atoms. The average Bonchev–Trinajstić information content (AvgIpc) is 2.99. The molecule has 0 spiro atoms. The van der Waals surface area contributed by atoms with Crippen molar-refractivity contribution in [3.63, 3.8) is 0 Å². The highest BCUT2D eigenvalue weighted by atomic mass is 79.9. The predicted molar refractivity (Wildman–Crippen MR) is 87.0 cm³/mol. The SMILES string of the molecule is O=S(=O)(c1cccs1)N(CCBr)CCc1ccccc1. The highest BCUT2D eigenvalue weighted by molar-refractivity contribution is 9.09. The van der Waals surface area contributed by atoms with E-state index in [9.17, 15) is 8.42 Å². The van der Waals surface area contributed by atoms with Crippen LogP contribution in [-0.4, -0.2) is 31.1 Å². The Morgan fingerprint density at radius 2 is 1.80 bits per heavy atom. The zero-order chi connectivity index (χ0) is 14.4. The highest BCUT2D eigenvalue weighted by Gasteiger charge is 2.24. The Morgan fingerprint density at radius 3 is 2.40 bits per heavy atom. The molecule has 0 radical (unpaired) electrons. The van der Waals surface area contributed by atoms with Crippen molar-refractivity contribution in [1.29, 1.82) is 0 Å². The fourth-order valence-corrected chi connectivity index (χ4v) is 5.13. The molecule has 6 heteroatoms. The first-order valence-corrected chi connectivity index (χ1v) is 9.72. The summed E-state index contributed by atoms with van der Waals surface area (Å²) in [6.07, 6.45) is 0.721. The summed E-state index contributed by atoms with van der Waals surface area (Å²) in [4.78, 5) is 0. The van der Waals surface area contributed by atoms with Gasteiger partial charge in [-0.25, -0.2) is 8.42 Å². The van der Waals surface area contributed by atoms with Crippen LogP contribution in [0.25, 0.3) is 0 Å². The number of benzene rings is 1. The summed E-state index contributed by atoms with van der Waals surface area (Å²) in [6.45, 7) is 0.975. The van der Waals surface area contributed by atoms with Crippen molar-refractivity contribution >= 4 is 37.3 Å². The van der Waals surface area contributed by atoms with Gasteiger partial charge in [-0.2, -0.15) is 4.31 Å². The van der Waals surface area contributed by atoms with Gasteiger partial charge in [0.05, 0.1) is 0 Å². The van der Waals surface area contributed by atoms with Crippen molar-refractivity contribution in [3.8, 4) is 0 Å². The molecule has 0 N–H and O–H groups in total. The van der Waals surface area contributed by atoms with E-state index in [1.165, 1.54) is 11.3 Å². The van der Waals surface area contributed by atoms with E-state index >= 15 is 0 Å². The summed E-state index contributed by atoms with van der Waals surface area (Å²) in [5, 5.41) is 2.42. The van der Waals surface area contributed by atoms with Crippen molar-refractivity contribution in [2.75, 3.05) is 18.4 Å². The van der Waals surface area contributed by atoms with E-state index < -0.39 is 10.0 Å². The second-order valence-electron chi connectivity index (χ2n) is 4.26. The lowest BCUT2D eigenvalue weighted by atomic mass is 10.1. The first kappa shape index (κ1) is 15.7. The molecule has 108 valence electrons. The van der Waals surface area contributed by atoms with Gasteiger partial charge in [-0.15, -0.1) is 11.3 Å². The maximum atomic E-state index is 12.5. The number of thiophene rings is 1. The van der Waals surface area contributed by atoms with Crippen LogP contribution in [0.4, 0.5) is 0 Å². The van der Waals surface area contributed by atoms with E-state index in [2.05, 4.69) is 15.9 Å². The number of sulfonamides is 1. The number of nitrogens with zero attached hydrogens (tertiary/aromatic N) is 1. The van der Waals surface area contributed by atoms with Gasteiger partial charge in [-0.1, -0.05) is 52.3 Å². The molecule has 0 atom stereocenters. The van der Waals surface area contributed by atoms with E-state index in [-0.39, 0.29) is 0 Å². The van der Waals surface area contributed by atoms with E-state index in [0.717, 1.165) is 12.0 Å². The van der Waals surface area contributed by atoms with Crippen molar-refractivity contribution < 1.29 is 8.42 Å². The highest BCUT2D eigenvalue weighted by Crippen LogP contribution is 2.21. The number of hydrogen-bond acceptors (Lipinski definition) is 3. The molecule has 1 aromatic heterocycles. The summed E-state index contributed by atoms with van der Waals surface area (Å²) < 4.78 is 27.0. The molecular formula is C14H16BrNO2S2. The maximum absolute atomic E-state index is 12.5. The second kappa shape index (κ2) is 7.36. The van der Waals surface area contributed by atoms with Crippen molar-refractivity contribution in [2.45, 2.75) is 10.6 Å². The molecule has 0 amide bonds. The largest absolute Gasteiger partial charge is 0.252 e. The zero-order valence-electron chi connectivity index (χ0n) is 10.9. The van der Waals surface area contributed by atoms with E-state index in [0.29, 0.717) is 22.6 Å². The minimum atomic E-state index is -3.37. The van der Waals surface area contributed by atoms with Crippen LogP contribution in [0, 0.1) is 0 Å². The van der Waals surface area contributed by atoms with Gasteiger partial charge in [0.2, 0.25) is 0 Å². The van der Waals surface area contributed by atoms with E-state index in [1.54, 1.807) is 21.8 Å². The first-order chi connectivity index (χ1) is 9.64. The molecule has 1 aromatic carbocycles. The monoisotopic (exact) mass is 373 g/mol. The topological polar surface area (TPSA) is 37.4 Å². The molecule has 0 aliphatic rings. The summed E-state index contributed by atoms with van der Waals surface area (Å²) in [5.74, 6) is 0. The molecule has 0 saturated heterocycles. The second-order valence-corrected chi connectivity index (χ2v) is 8.17. The van der Waals surface area contributed by atoms with Crippen molar-refractivity contribution in [2.24, 2.45) is 0 Å². The lowest BCUT2D eigenvalue weighted by Gasteiger charge is -2.20. The minimum Gasteiger partial charge on any atom is -0.206 e. The van der Waals surface area contributed by atoms with Crippen LogP contribution in [0.3, 0.4) is 0 Å². The van der Waals surface area contributed by atoms with Crippen molar-refractivity contribution in [3.05, 3.63) is 53.4 Å². The normalized spacial score (nSPS) is 11.9. The summed E-state index contributed by atoms with van der Waals surface area (Å²) in [5.41, 5.74) is 1.15. The van der Waals surface area contributed by atoms with Crippen LogP contribution in [0.2, 0.25) is 0 Å². The number of alkyl halides is 1. The Labute approximate surface area is 132 Å².